The summed E-state index contributed by atoms with van der Waals surface area (Å²) in [5, 5.41) is 4.44. The summed E-state index contributed by atoms with van der Waals surface area (Å²) in [6.45, 7) is 0. The molecule has 10 heteroatoms. The van der Waals surface area contributed by atoms with Gasteiger partial charge >= 0.3 is 10.1 Å². The number of carbonyl (C=O) groups is 1. The van der Waals surface area contributed by atoms with Gasteiger partial charge in [-0.15, -0.1) is 0 Å². The highest BCUT2D eigenvalue weighted by molar-refractivity contribution is 9.10. The molecule has 0 aliphatic carbocycles. The van der Waals surface area contributed by atoms with Crippen molar-refractivity contribution in [1.29, 1.82) is 0 Å². The molecule has 0 spiro atoms. The summed E-state index contributed by atoms with van der Waals surface area (Å²) >= 11 is 15.1. The van der Waals surface area contributed by atoms with Crippen molar-refractivity contribution in [3.8, 4) is 5.75 Å². The van der Waals surface area contributed by atoms with Gasteiger partial charge in [-0.25, -0.2) is 5.43 Å². The molecule has 0 aliphatic rings. The van der Waals surface area contributed by atoms with Crippen LogP contribution in [0.15, 0.2) is 81.2 Å². The van der Waals surface area contributed by atoms with Gasteiger partial charge in [0.25, 0.3) is 5.91 Å². The van der Waals surface area contributed by atoms with E-state index in [1.165, 1.54) is 42.6 Å². The second-order valence-corrected chi connectivity index (χ2v) is 9.14. The summed E-state index contributed by atoms with van der Waals surface area (Å²) in [6.07, 6.45) is 1.27. The number of carbonyl (C=O) groups excluding carboxylic acids is 1. The molecule has 0 saturated heterocycles. The lowest BCUT2D eigenvalue weighted by Gasteiger charge is -2.10. The highest BCUT2D eigenvalue weighted by atomic mass is 79.9. The molecule has 0 heterocycles. The third-order valence-electron chi connectivity index (χ3n) is 3.75. The van der Waals surface area contributed by atoms with Crippen molar-refractivity contribution < 1.29 is 17.4 Å². The largest absolute Gasteiger partial charge is 0.378 e. The maximum absolute atomic E-state index is 12.5. The van der Waals surface area contributed by atoms with Crippen LogP contribution < -0.4 is 9.61 Å². The molecule has 6 nitrogen and oxygen atoms in total. The van der Waals surface area contributed by atoms with Gasteiger partial charge in [0.15, 0.2) is 5.75 Å². The quantitative estimate of drug-likeness (QED) is 0.268. The molecule has 0 atom stereocenters. The molecule has 3 aromatic carbocycles. The van der Waals surface area contributed by atoms with Gasteiger partial charge in [-0.05, 0) is 48.5 Å². The van der Waals surface area contributed by atoms with Gasteiger partial charge in [0.05, 0.1) is 16.3 Å². The van der Waals surface area contributed by atoms with Crippen molar-refractivity contribution in [2.45, 2.75) is 4.90 Å². The van der Waals surface area contributed by atoms with Gasteiger partial charge in [-0.3, -0.25) is 4.79 Å². The number of hydrogen-bond acceptors (Lipinski definition) is 5. The molecule has 3 rings (SSSR count). The van der Waals surface area contributed by atoms with Gasteiger partial charge < -0.3 is 4.18 Å². The number of halogens is 3. The molecule has 0 aliphatic heterocycles. The Hall–Kier alpha value is -2.39. The summed E-state index contributed by atoms with van der Waals surface area (Å²) in [6, 6.07) is 16.9. The maximum atomic E-state index is 12.5. The number of nitrogens with one attached hydrogen (secondary N) is 1. The van der Waals surface area contributed by atoms with Crippen LogP contribution in [0.3, 0.4) is 0 Å². The van der Waals surface area contributed by atoms with Crippen molar-refractivity contribution >= 4 is 61.4 Å². The van der Waals surface area contributed by atoms with Gasteiger partial charge in [-0.2, -0.15) is 13.5 Å². The highest BCUT2D eigenvalue weighted by Crippen LogP contribution is 2.25. The first-order valence-electron chi connectivity index (χ1n) is 8.34. The van der Waals surface area contributed by atoms with E-state index in [2.05, 4.69) is 26.5 Å². The summed E-state index contributed by atoms with van der Waals surface area (Å²) in [7, 11) is -4.03. The summed E-state index contributed by atoms with van der Waals surface area (Å²) in [4.78, 5) is 12.2. The van der Waals surface area contributed by atoms with E-state index >= 15 is 0 Å². The van der Waals surface area contributed by atoms with Crippen molar-refractivity contribution in [2.24, 2.45) is 5.10 Å². The Bertz CT molecular complexity index is 1220. The number of nitrogens with zero attached hydrogens (tertiary/aromatic N) is 1. The van der Waals surface area contributed by atoms with Crippen LogP contribution in [0.4, 0.5) is 0 Å². The molecule has 1 amide bonds. The Morgan fingerprint density at radius 3 is 2.43 bits per heavy atom. The Morgan fingerprint density at radius 2 is 1.73 bits per heavy atom. The van der Waals surface area contributed by atoms with Crippen LogP contribution in [0.2, 0.25) is 10.0 Å². The van der Waals surface area contributed by atoms with E-state index in [0.717, 1.165) is 0 Å². The number of amides is 1. The third kappa shape index (κ3) is 5.60. The van der Waals surface area contributed by atoms with Crippen LogP contribution in [0.1, 0.15) is 15.9 Å². The van der Waals surface area contributed by atoms with Crippen molar-refractivity contribution in [2.75, 3.05) is 0 Å². The zero-order valence-corrected chi connectivity index (χ0v) is 19.0. The van der Waals surface area contributed by atoms with Gasteiger partial charge in [-0.1, -0.05) is 57.3 Å². The predicted molar refractivity (Wildman–Crippen MR) is 120 cm³/mol. The lowest BCUT2D eigenvalue weighted by atomic mass is 10.2. The molecule has 3 aromatic rings. The van der Waals surface area contributed by atoms with Crippen LogP contribution in [-0.2, 0) is 10.1 Å². The first-order valence-corrected chi connectivity index (χ1v) is 11.3. The summed E-state index contributed by atoms with van der Waals surface area (Å²) in [5.74, 6) is -0.464. The fourth-order valence-electron chi connectivity index (χ4n) is 2.31. The van der Waals surface area contributed by atoms with Gasteiger partial charge in [0.2, 0.25) is 0 Å². The van der Waals surface area contributed by atoms with Crippen LogP contribution in [0.25, 0.3) is 0 Å². The summed E-state index contributed by atoms with van der Waals surface area (Å²) in [5.41, 5.74) is 2.94. The van der Waals surface area contributed by atoms with E-state index < -0.39 is 16.0 Å². The minimum atomic E-state index is -4.03. The monoisotopic (exact) mass is 526 g/mol. The molecule has 0 unspecified atom stereocenters. The highest BCUT2D eigenvalue weighted by Gasteiger charge is 2.18. The number of hydrazone groups is 1. The molecule has 154 valence electrons. The Morgan fingerprint density at radius 1 is 1.00 bits per heavy atom. The molecule has 0 aromatic heterocycles. The van der Waals surface area contributed by atoms with Crippen LogP contribution >= 0.6 is 39.1 Å². The second-order valence-electron chi connectivity index (χ2n) is 5.86. The average Bonchev–Trinajstić information content (AvgIpc) is 2.72. The van der Waals surface area contributed by atoms with E-state index in [1.54, 1.807) is 30.3 Å². The predicted octanol–water partition coefficient (Wildman–Crippen LogP) is 5.29. The van der Waals surface area contributed by atoms with Crippen LogP contribution in [0.5, 0.6) is 5.75 Å². The lowest BCUT2D eigenvalue weighted by molar-refractivity contribution is 0.0955. The van der Waals surface area contributed by atoms with Gasteiger partial charge in [0.1, 0.15) is 4.90 Å². The summed E-state index contributed by atoms with van der Waals surface area (Å²) < 4.78 is 30.9. The minimum Gasteiger partial charge on any atom is -0.378 e. The Balaban J connectivity index is 1.80. The zero-order valence-electron chi connectivity index (χ0n) is 15.1. The van der Waals surface area contributed by atoms with Crippen molar-refractivity contribution in [3.05, 3.63) is 92.4 Å². The van der Waals surface area contributed by atoms with Crippen LogP contribution in [-0.4, -0.2) is 20.5 Å². The molecular formula is C20H13BrCl2N2O4S. The standard InChI is InChI=1S/C20H13BrCl2N2O4S/c21-15-7-9-19(29-30(27,28)16-4-2-1-3-5-16)14(10-15)12-24-25-20(26)13-6-8-17(22)18(23)11-13/h1-12H,(H,25,26)/b24-12-. The van der Waals surface area contributed by atoms with E-state index in [1.807, 2.05) is 0 Å². The topological polar surface area (TPSA) is 84.8 Å². The fraction of sp³-hybridized carbons (Fsp3) is 0. The minimum absolute atomic E-state index is 0.0173. The third-order valence-corrected chi connectivity index (χ3v) is 6.24. The van der Waals surface area contributed by atoms with E-state index in [0.29, 0.717) is 15.1 Å². The van der Waals surface area contributed by atoms with Crippen LogP contribution in [0, 0.1) is 0 Å². The normalized spacial score (nSPS) is 11.4. The van der Waals surface area contributed by atoms with Gasteiger partial charge in [0, 0.05) is 15.6 Å². The fourth-order valence-corrected chi connectivity index (χ4v) is 3.96. The smallest absolute Gasteiger partial charge is 0.339 e. The molecule has 1 N–H and O–H groups in total. The van der Waals surface area contributed by atoms with E-state index in [4.69, 9.17) is 27.4 Å². The van der Waals surface area contributed by atoms with Crippen molar-refractivity contribution in [1.82, 2.24) is 5.43 Å². The zero-order chi connectivity index (χ0) is 21.7. The molecular weight excluding hydrogens is 515 g/mol. The maximum Gasteiger partial charge on any atom is 0.339 e. The lowest BCUT2D eigenvalue weighted by Crippen LogP contribution is -2.17. The molecule has 0 fully saturated rings. The molecule has 0 bridgehead atoms. The Labute approximate surface area is 191 Å². The van der Waals surface area contributed by atoms with E-state index in [-0.39, 0.29) is 21.2 Å². The molecule has 30 heavy (non-hydrogen) atoms. The molecule has 0 saturated carbocycles. The number of hydrogen-bond donors (Lipinski definition) is 1. The van der Waals surface area contributed by atoms with Crippen molar-refractivity contribution in [3.63, 3.8) is 0 Å². The average molecular weight is 528 g/mol. The Kier molecular flexibility index (Phi) is 7.14. The SMILES string of the molecule is O=C(N/N=C\c1cc(Br)ccc1OS(=O)(=O)c1ccccc1)c1ccc(Cl)c(Cl)c1. The number of rotatable bonds is 6. The van der Waals surface area contributed by atoms with E-state index in [9.17, 15) is 13.2 Å². The first-order chi connectivity index (χ1) is 14.3. The second kappa shape index (κ2) is 9.61. The molecule has 0 radical (unpaired) electrons. The first kappa shape index (κ1) is 22.3. The number of benzene rings is 3.